The minimum atomic E-state index is -4.40. The van der Waals surface area contributed by atoms with Crippen LogP contribution >= 0.6 is 0 Å². The number of halogens is 3. The van der Waals surface area contributed by atoms with Crippen LogP contribution in [-0.4, -0.2) is 35.0 Å². The summed E-state index contributed by atoms with van der Waals surface area (Å²) in [6, 6.07) is 6.56. The second kappa shape index (κ2) is 7.35. The molecule has 1 aromatic heterocycles. The third kappa shape index (κ3) is 4.98. The Morgan fingerprint density at radius 3 is 2.58 bits per heavy atom. The molecule has 0 fully saturated rings. The van der Waals surface area contributed by atoms with E-state index in [0.717, 1.165) is 6.20 Å². The van der Waals surface area contributed by atoms with E-state index in [1.54, 1.807) is 24.3 Å². The van der Waals surface area contributed by atoms with Crippen molar-refractivity contribution in [3.63, 3.8) is 0 Å². The highest BCUT2D eigenvalue weighted by Crippen LogP contribution is 2.20. The van der Waals surface area contributed by atoms with Crippen molar-refractivity contribution in [3.8, 4) is 5.75 Å². The molecule has 24 heavy (non-hydrogen) atoms. The molecular formula is C15H17F3N4O2. The molecule has 1 heterocycles. The van der Waals surface area contributed by atoms with Crippen molar-refractivity contribution >= 4 is 11.6 Å². The molecule has 0 aliphatic carbocycles. The maximum Gasteiger partial charge on any atom is 0.408 e. The largest absolute Gasteiger partial charge is 0.492 e. The summed E-state index contributed by atoms with van der Waals surface area (Å²) in [6.07, 6.45) is -3.32. The average Bonchev–Trinajstić information content (AvgIpc) is 2.85. The van der Waals surface area contributed by atoms with Crippen molar-refractivity contribution in [2.45, 2.75) is 19.6 Å². The Morgan fingerprint density at radius 1 is 1.33 bits per heavy atom. The first-order valence-electron chi connectivity index (χ1n) is 7.13. The van der Waals surface area contributed by atoms with Crippen molar-refractivity contribution in [1.29, 1.82) is 0 Å². The van der Waals surface area contributed by atoms with Gasteiger partial charge in [0.05, 0.1) is 11.3 Å². The molecule has 2 rings (SSSR count). The molecule has 0 radical (unpaired) electrons. The number of alkyl halides is 3. The van der Waals surface area contributed by atoms with E-state index < -0.39 is 18.6 Å². The number of carbonyl (C=O) groups is 1. The summed E-state index contributed by atoms with van der Waals surface area (Å²) >= 11 is 0. The van der Waals surface area contributed by atoms with E-state index in [2.05, 4.69) is 10.4 Å². The summed E-state index contributed by atoms with van der Waals surface area (Å²) < 4.78 is 43.1. The molecule has 1 aromatic carbocycles. The first-order chi connectivity index (χ1) is 11.3. The van der Waals surface area contributed by atoms with Gasteiger partial charge in [0, 0.05) is 18.4 Å². The molecule has 0 unspecified atom stereocenters. The van der Waals surface area contributed by atoms with Crippen LogP contribution in [0.25, 0.3) is 0 Å². The van der Waals surface area contributed by atoms with E-state index in [-0.39, 0.29) is 11.3 Å². The van der Waals surface area contributed by atoms with Gasteiger partial charge < -0.3 is 15.8 Å². The van der Waals surface area contributed by atoms with Crippen molar-refractivity contribution in [1.82, 2.24) is 9.78 Å². The normalized spacial score (nSPS) is 11.4. The Bertz CT molecular complexity index is 696. The van der Waals surface area contributed by atoms with Gasteiger partial charge in [-0.05, 0) is 31.2 Å². The number of ether oxygens (including phenoxy) is 1. The van der Waals surface area contributed by atoms with Gasteiger partial charge in [0.1, 0.15) is 18.9 Å². The van der Waals surface area contributed by atoms with Gasteiger partial charge in [-0.25, -0.2) is 0 Å². The first-order valence-corrected chi connectivity index (χ1v) is 7.13. The quantitative estimate of drug-likeness (QED) is 0.844. The molecular weight excluding hydrogens is 325 g/mol. The van der Waals surface area contributed by atoms with Crippen LogP contribution in [-0.2, 0) is 6.54 Å². The van der Waals surface area contributed by atoms with Crippen LogP contribution < -0.4 is 15.8 Å². The molecule has 9 heteroatoms. The molecule has 2 aromatic rings. The summed E-state index contributed by atoms with van der Waals surface area (Å²) in [4.78, 5) is 12.2. The average molecular weight is 342 g/mol. The fourth-order valence-electron chi connectivity index (χ4n) is 2.02. The van der Waals surface area contributed by atoms with E-state index in [0.29, 0.717) is 29.3 Å². The second-order valence-electron chi connectivity index (χ2n) is 5.06. The number of benzene rings is 1. The number of nitrogens with zero attached hydrogens (tertiary/aromatic N) is 2. The van der Waals surface area contributed by atoms with Gasteiger partial charge in [0.15, 0.2) is 0 Å². The summed E-state index contributed by atoms with van der Waals surface area (Å²) in [5, 5.41) is 6.32. The third-order valence-corrected chi connectivity index (χ3v) is 3.03. The zero-order chi connectivity index (χ0) is 17.7. The van der Waals surface area contributed by atoms with Crippen LogP contribution in [0.2, 0.25) is 0 Å². The molecule has 130 valence electrons. The Kier molecular flexibility index (Phi) is 5.45. The zero-order valence-corrected chi connectivity index (χ0v) is 12.9. The van der Waals surface area contributed by atoms with Crippen molar-refractivity contribution in [2.75, 3.05) is 18.5 Å². The molecule has 0 saturated heterocycles. The molecule has 0 atom stereocenters. The van der Waals surface area contributed by atoms with Crippen LogP contribution in [0, 0.1) is 6.92 Å². The van der Waals surface area contributed by atoms with Crippen LogP contribution in [0.4, 0.5) is 18.9 Å². The molecule has 0 saturated carbocycles. The number of nitrogens with one attached hydrogen (secondary N) is 1. The van der Waals surface area contributed by atoms with Crippen molar-refractivity contribution < 1.29 is 22.7 Å². The predicted molar refractivity (Wildman–Crippen MR) is 82.0 cm³/mol. The highest BCUT2D eigenvalue weighted by Gasteiger charge is 2.29. The molecule has 6 nitrogen and oxygen atoms in total. The highest BCUT2D eigenvalue weighted by molar-refractivity contribution is 6.04. The Hall–Kier alpha value is -2.55. The number of rotatable bonds is 6. The molecule has 0 bridgehead atoms. The fourth-order valence-corrected chi connectivity index (χ4v) is 2.02. The third-order valence-electron chi connectivity index (χ3n) is 3.03. The molecule has 1 amide bonds. The first kappa shape index (κ1) is 17.8. The molecule has 0 aliphatic heterocycles. The van der Waals surface area contributed by atoms with Gasteiger partial charge in [0.2, 0.25) is 0 Å². The van der Waals surface area contributed by atoms with Gasteiger partial charge in [-0.1, -0.05) is 0 Å². The van der Waals surface area contributed by atoms with Crippen molar-refractivity contribution in [2.24, 2.45) is 5.73 Å². The summed E-state index contributed by atoms with van der Waals surface area (Å²) in [5.74, 6) is 0.0733. The fraction of sp³-hybridized carbons (Fsp3) is 0.333. The lowest BCUT2D eigenvalue weighted by atomic mass is 10.2. The number of nitrogens with two attached hydrogens (primary N) is 1. The van der Waals surface area contributed by atoms with Crippen LogP contribution in [0.1, 0.15) is 16.1 Å². The van der Waals surface area contributed by atoms with Gasteiger partial charge in [-0.3, -0.25) is 9.48 Å². The maximum absolute atomic E-state index is 12.4. The molecule has 0 aliphatic rings. The van der Waals surface area contributed by atoms with E-state index in [4.69, 9.17) is 10.5 Å². The highest BCUT2D eigenvalue weighted by atomic mass is 19.4. The Morgan fingerprint density at radius 2 is 2.00 bits per heavy atom. The second-order valence-corrected chi connectivity index (χ2v) is 5.06. The topological polar surface area (TPSA) is 82.2 Å². The number of hydrogen-bond donors (Lipinski definition) is 2. The summed E-state index contributed by atoms with van der Waals surface area (Å²) in [5.41, 5.74) is 6.13. The van der Waals surface area contributed by atoms with Gasteiger partial charge in [-0.2, -0.15) is 18.3 Å². The monoisotopic (exact) mass is 342 g/mol. The minimum Gasteiger partial charge on any atom is -0.492 e. The summed E-state index contributed by atoms with van der Waals surface area (Å²) in [7, 11) is 0. The van der Waals surface area contributed by atoms with Gasteiger partial charge in [0.25, 0.3) is 5.91 Å². The van der Waals surface area contributed by atoms with E-state index in [1.807, 2.05) is 0 Å². The number of amides is 1. The smallest absolute Gasteiger partial charge is 0.408 e. The lowest BCUT2D eigenvalue weighted by Gasteiger charge is -2.07. The number of aromatic nitrogens is 2. The van der Waals surface area contributed by atoms with E-state index in [9.17, 15) is 18.0 Å². The van der Waals surface area contributed by atoms with Crippen LogP contribution in [0.15, 0.2) is 30.5 Å². The Labute approximate surface area is 136 Å². The minimum absolute atomic E-state index is 0.0858. The number of aryl methyl sites for hydroxylation is 1. The van der Waals surface area contributed by atoms with Crippen LogP contribution in [0.3, 0.4) is 0 Å². The van der Waals surface area contributed by atoms with Crippen LogP contribution in [0.5, 0.6) is 5.75 Å². The zero-order valence-electron chi connectivity index (χ0n) is 12.9. The maximum atomic E-state index is 12.4. The lowest BCUT2D eigenvalue weighted by Crippen LogP contribution is -2.18. The predicted octanol–water partition coefficient (Wildman–Crippen LogP) is 2.34. The lowest BCUT2D eigenvalue weighted by molar-refractivity contribution is -0.142. The number of carbonyl (C=O) groups excluding carboxylic acids is 1. The van der Waals surface area contributed by atoms with Gasteiger partial charge >= 0.3 is 6.18 Å². The van der Waals surface area contributed by atoms with E-state index >= 15 is 0 Å². The number of hydrogen-bond acceptors (Lipinski definition) is 4. The van der Waals surface area contributed by atoms with Gasteiger partial charge in [-0.15, -0.1) is 0 Å². The SMILES string of the molecule is Cc1nn(CC(F)(F)F)cc1C(=O)Nc1ccc(OCCN)cc1. The number of anilines is 1. The standard InChI is InChI=1S/C15H17F3N4O2/c1-10-13(8-22(21-10)9-15(16,17)18)14(23)20-11-2-4-12(5-3-11)24-7-6-19/h2-5,8H,6-7,9,19H2,1H3,(H,20,23). The molecule has 0 spiro atoms. The molecule has 3 N–H and O–H groups in total. The van der Waals surface area contributed by atoms with E-state index in [1.165, 1.54) is 6.92 Å². The Balaban J connectivity index is 2.04. The van der Waals surface area contributed by atoms with Crippen molar-refractivity contribution in [3.05, 3.63) is 41.7 Å². The summed E-state index contributed by atoms with van der Waals surface area (Å²) in [6.45, 7) is 1.00.